The highest BCUT2D eigenvalue weighted by molar-refractivity contribution is 5.92. The number of aromatic nitrogens is 2. The zero-order valence-corrected chi connectivity index (χ0v) is 11.1. The fourth-order valence-corrected chi connectivity index (χ4v) is 2.41. The van der Waals surface area contributed by atoms with E-state index in [0.717, 1.165) is 18.5 Å². The number of piperazine rings is 1. The van der Waals surface area contributed by atoms with Crippen LogP contribution in [0.4, 0.5) is 0 Å². The molecule has 1 saturated carbocycles. The van der Waals surface area contributed by atoms with Gasteiger partial charge in [0.05, 0.1) is 0 Å². The van der Waals surface area contributed by atoms with E-state index < -0.39 is 0 Å². The van der Waals surface area contributed by atoms with Crippen LogP contribution in [0.3, 0.4) is 0 Å². The van der Waals surface area contributed by atoms with Crippen molar-refractivity contribution in [2.24, 2.45) is 5.92 Å². The van der Waals surface area contributed by atoms with E-state index >= 15 is 0 Å². The summed E-state index contributed by atoms with van der Waals surface area (Å²) in [5, 5.41) is 6.76. The minimum absolute atomic E-state index is 0.0529. The first kappa shape index (κ1) is 12.2. The largest absolute Gasteiger partial charge is 0.339 e. The van der Waals surface area contributed by atoms with E-state index in [1.54, 1.807) is 11.0 Å². The van der Waals surface area contributed by atoms with Crippen LogP contribution in [0.5, 0.6) is 0 Å². The van der Waals surface area contributed by atoms with Gasteiger partial charge in [0.15, 0.2) is 0 Å². The van der Waals surface area contributed by atoms with Gasteiger partial charge < -0.3 is 9.80 Å². The number of carbonyl (C=O) groups excluding carboxylic acids is 2. The maximum absolute atomic E-state index is 12.2. The van der Waals surface area contributed by atoms with Gasteiger partial charge in [-0.2, -0.15) is 5.10 Å². The van der Waals surface area contributed by atoms with Crippen LogP contribution in [0.15, 0.2) is 6.07 Å². The molecule has 0 aromatic carbocycles. The fourth-order valence-electron chi connectivity index (χ4n) is 2.41. The van der Waals surface area contributed by atoms with E-state index in [0.29, 0.717) is 31.9 Å². The molecule has 2 amide bonds. The molecule has 0 spiro atoms. The highest BCUT2D eigenvalue weighted by Crippen LogP contribution is 2.31. The van der Waals surface area contributed by atoms with E-state index in [2.05, 4.69) is 10.2 Å². The molecule has 1 saturated heterocycles. The maximum Gasteiger partial charge on any atom is 0.274 e. The highest BCUT2D eigenvalue weighted by Gasteiger charge is 2.35. The molecule has 1 aromatic heterocycles. The number of nitrogens with one attached hydrogen (secondary N) is 1. The molecule has 2 aliphatic rings. The van der Waals surface area contributed by atoms with Crippen LogP contribution in [-0.4, -0.2) is 58.0 Å². The molecule has 2 fully saturated rings. The van der Waals surface area contributed by atoms with E-state index in [1.807, 2.05) is 11.8 Å². The summed E-state index contributed by atoms with van der Waals surface area (Å²) in [6.07, 6.45) is 2.06. The first-order valence-electron chi connectivity index (χ1n) is 6.75. The van der Waals surface area contributed by atoms with Crippen LogP contribution in [-0.2, 0) is 4.79 Å². The summed E-state index contributed by atoms with van der Waals surface area (Å²) in [7, 11) is 0. The van der Waals surface area contributed by atoms with Crippen LogP contribution in [0.25, 0.3) is 0 Å². The van der Waals surface area contributed by atoms with Gasteiger partial charge in [0.2, 0.25) is 5.91 Å². The van der Waals surface area contributed by atoms with Crippen molar-refractivity contribution in [3.8, 4) is 0 Å². The van der Waals surface area contributed by atoms with Crippen molar-refractivity contribution in [1.82, 2.24) is 20.0 Å². The smallest absolute Gasteiger partial charge is 0.274 e. The molecule has 0 unspecified atom stereocenters. The quantitative estimate of drug-likeness (QED) is 0.839. The maximum atomic E-state index is 12.2. The van der Waals surface area contributed by atoms with E-state index in [1.165, 1.54) is 0 Å². The fraction of sp³-hybridized carbons (Fsp3) is 0.615. The number of nitrogens with zero attached hydrogens (tertiary/aromatic N) is 3. The molecular weight excluding hydrogens is 244 g/mol. The number of aryl methyl sites for hydroxylation is 1. The molecule has 1 N–H and O–H groups in total. The molecule has 3 rings (SSSR count). The van der Waals surface area contributed by atoms with Crippen LogP contribution >= 0.6 is 0 Å². The summed E-state index contributed by atoms with van der Waals surface area (Å²) >= 11 is 0. The Bertz CT molecular complexity index is 498. The van der Waals surface area contributed by atoms with Gasteiger partial charge in [0.1, 0.15) is 5.69 Å². The second-order valence-corrected chi connectivity index (χ2v) is 5.33. The van der Waals surface area contributed by atoms with Gasteiger partial charge in [-0.25, -0.2) is 0 Å². The van der Waals surface area contributed by atoms with Crippen molar-refractivity contribution in [1.29, 1.82) is 0 Å². The summed E-state index contributed by atoms with van der Waals surface area (Å²) in [6.45, 7) is 4.36. The molecule has 0 bridgehead atoms. The number of hydrogen-bond acceptors (Lipinski definition) is 3. The molecular formula is C13H18N4O2. The Hall–Kier alpha value is -1.85. The van der Waals surface area contributed by atoms with Crippen molar-refractivity contribution >= 4 is 11.8 Å². The zero-order valence-electron chi connectivity index (χ0n) is 11.1. The van der Waals surface area contributed by atoms with Crippen LogP contribution in [0.1, 0.15) is 29.0 Å². The van der Waals surface area contributed by atoms with Crippen LogP contribution in [0.2, 0.25) is 0 Å². The third-order valence-corrected chi connectivity index (χ3v) is 3.73. The zero-order chi connectivity index (χ0) is 13.4. The Kier molecular flexibility index (Phi) is 3.00. The standard InChI is InChI=1S/C13H18N4O2/c1-9-8-11(15-14-9)13(19)17-6-4-16(5-7-17)12(18)10-2-3-10/h8,10H,2-7H2,1H3,(H,14,15). The number of aromatic amines is 1. The molecule has 1 aromatic rings. The van der Waals surface area contributed by atoms with Gasteiger partial charge in [0.25, 0.3) is 5.91 Å². The second-order valence-electron chi connectivity index (χ2n) is 5.33. The Labute approximate surface area is 111 Å². The minimum atomic E-state index is -0.0529. The molecule has 1 aliphatic carbocycles. The SMILES string of the molecule is Cc1cc(C(=O)N2CCN(C(=O)C3CC3)CC2)n[nH]1. The van der Waals surface area contributed by atoms with Gasteiger partial charge in [-0.1, -0.05) is 0 Å². The average Bonchev–Trinajstić information content (AvgIpc) is 3.19. The molecule has 0 radical (unpaired) electrons. The van der Waals surface area contributed by atoms with Crippen molar-refractivity contribution in [2.75, 3.05) is 26.2 Å². The van der Waals surface area contributed by atoms with Crippen molar-refractivity contribution < 1.29 is 9.59 Å². The average molecular weight is 262 g/mol. The second kappa shape index (κ2) is 4.68. The molecule has 6 heteroatoms. The van der Waals surface area contributed by atoms with Gasteiger partial charge in [-0.15, -0.1) is 0 Å². The monoisotopic (exact) mass is 262 g/mol. The predicted octanol–water partition coefficient (Wildman–Crippen LogP) is 0.413. The Morgan fingerprint density at radius 3 is 2.37 bits per heavy atom. The summed E-state index contributed by atoms with van der Waals surface area (Å²) in [4.78, 5) is 27.7. The molecule has 1 aliphatic heterocycles. The number of carbonyl (C=O) groups is 2. The lowest BCUT2D eigenvalue weighted by molar-refractivity contribution is -0.134. The lowest BCUT2D eigenvalue weighted by Gasteiger charge is -2.34. The number of rotatable bonds is 2. The first-order chi connectivity index (χ1) is 9.15. The van der Waals surface area contributed by atoms with Crippen LogP contribution in [0, 0.1) is 12.8 Å². The minimum Gasteiger partial charge on any atom is -0.339 e. The number of H-pyrrole nitrogens is 1. The Morgan fingerprint density at radius 1 is 1.21 bits per heavy atom. The Morgan fingerprint density at radius 2 is 1.84 bits per heavy atom. The number of amides is 2. The first-order valence-corrected chi connectivity index (χ1v) is 6.75. The van der Waals surface area contributed by atoms with E-state index in [-0.39, 0.29) is 17.7 Å². The van der Waals surface area contributed by atoms with Crippen molar-refractivity contribution in [3.05, 3.63) is 17.5 Å². The molecule has 2 heterocycles. The topological polar surface area (TPSA) is 69.3 Å². The predicted molar refractivity (Wildman–Crippen MR) is 68.5 cm³/mol. The highest BCUT2D eigenvalue weighted by atomic mass is 16.2. The van der Waals surface area contributed by atoms with E-state index in [4.69, 9.17) is 0 Å². The molecule has 19 heavy (non-hydrogen) atoms. The van der Waals surface area contributed by atoms with Gasteiger partial charge in [-0.05, 0) is 25.8 Å². The normalized spacial score (nSPS) is 19.6. The lowest BCUT2D eigenvalue weighted by atomic mass is 10.2. The third-order valence-electron chi connectivity index (χ3n) is 3.73. The summed E-state index contributed by atoms with van der Waals surface area (Å²) in [6, 6.07) is 1.75. The molecule has 0 atom stereocenters. The van der Waals surface area contributed by atoms with Crippen LogP contribution < -0.4 is 0 Å². The van der Waals surface area contributed by atoms with E-state index in [9.17, 15) is 9.59 Å². The number of hydrogen-bond donors (Lipinski definition) is 1. The van der Waals surface area contributed by atoms with Gasteiger partial charge in [-0.3, -0.25) is 14.7 Å². The lowest BCUT2D eigenvalue weighted by Crippen LogP contribution is -2.51. The summed E-state index contributed by atoms with van der Waals surface area (Å²) in [5.41, 5.74) is 1.34. The van der Waals surface area contributed by atoms with Crippen molar-refractivity contribution in [2.45, 2.75) is 19.8 Å². The third kappa shape index (κ3) is 2.47. The van der Waals surface area contributed by atoms with Gasteiger partial charge in [0, 0.05) is 37.8 Å². The Balaban J connectivity index is 1.57. The summed E-state index contributed by atoms with van der Waals surface area (Å²) < 4.78 is 0. The van der Waals surface area contributed by atoms with Crippen molar-refractivity contribution in [3.63, 3.8) is 0 Å². The summed E-state index contributed by atoms with van der Waals surface area (Å²) in [5.74, 6) is 0.474. The van der Waals surface area contributed by atoms with Gasteiger partial charge >= 0.3 is 0 Å². The molecule has 102 valence electrons. The molecule has 6 nitrogen and oxygen atoms in total.